The Balaban J connectivity index is 1.48. The normalized spacial score (nSPS) is 15.4. The van der Waals surface area contributed by atoms with Crippen LogP contribution in [0.2, 0.25) is 0 Å². The lowest BCUT2D eigenvalue weighted by Gasteiger charge is -2.22. The Morgan fingerprint density at radius 1 is 0.931 bits per heavy atom. The van der Waals surface area contributed by atoms with Gasteiger partial charge in [-0.15, -0.1) is 0 Å². The van der Waals surface area contributed by atoms with Gasteiger partial charge in [0.05, 0.1) is 29.1 Å². The Morgan fingerprint density at radius 3 is 2.72 bits per heavy atom. The molecule has 0 aliphatic carbocycles. The molecule has 1 fully saturated rings. The van der Waals surface area contributed by atoms with Crippen LogP contribution in [0.5, 0.6) is 0 Å². The Kier molecular flexibility index (Phi) is 3.73. The van der Waals surface area contributed by atoms with Crippen LogP contribution in [0.3, 0.4) is 0 Å². The second-order valence-corrected chi connectivity index (χ2v) is 7.53. The van der Waals surface area contributed by atoms with Gasteiger partial charge in [-0.3, -0.25) is 5.10 Å². The SMILES string of the molecule is c1cc(-c2ccoc2)c2nc(-c3n[nH]c4ccc(C5CCNCC5)nc34)[nH]c2c1. The number of nitrogens with one attached hydrogen (secondary N) is 3. The molecule has 7 heteroatoms. The summed E-state index contributed by atoms with van der Waals surface area (Å²) in [7, 11) is 0. The van der Waals surface area contributed by atoms with E-state index in [9.17, 15) is 0 Å². The van der Waals surface area contributed by atoms with Crippen LogP contribution in [0.25, 0.3) is 44.7 Å². The number of hydrogen-bond acceptors (Lipinski definition) is 5. The van der Waals surface area contributed by atoms with Crippen molar-refractivity contribution in [3.63, 3.8) is 0 Å². The first kappa shape index (κ1) is 16.5. The van der Waals surface area contributed by atoms with Crippen LogP contribution in [0.1, 0.15) is 24.5 Å². The lowest BCUT2D eigenvalue weighted by Crippen LogP contribution is -2.27. The van der Waals surface area contributed by atoms with Gasteiger partial charge in [0, 0.05) is 22.7 Å². The van der Waals surface area contributed by atoms with Gasteiger partial charge >= 0.3 is 0 Å². The first-order valence-corrected chi connectivity index (χ1v) is 9.94. The molecule has 0 bridgehead atoms. The largest absolute Gasteiger partial charge is 0.472 e. The molecule has 29 heavy (non-hydrogen) atoms. The van der Waals surface area contributed by atoms with E-state index in [0.29, 0.717) is 5.92 Å². The predicted molar refractivity (Wildman–Crippen MR) is 112 cm³/mol. The van der Waals surface area contributed by atoms with E-state index < -0.39 is 0 Å². The van der Waals surface area contributed by atoms with E-state index in [1.165, 1.54) is 0 Å². The predicted octanol–water partition coefficient (Wildman–Crippen LogP) is 4.23. The summed E-state index contributed by atoms with van der Waals surface area (Å²) in [6.45, 7) is 2.09. The van der Waals surface area contributed by atoms with Crippen LogP contribution in [-0.2, 0) is 0 Å². The van der Waals surface area contributed by atoms with Crippen molar-refractivity contribution in [3.05, 3.63) is 54.6 Å². The maximum absolute atomic E-state index is 5.26. The standard InChI is InChI=1S/C22H20N6O/c1-2-15(14-8-11-29-12-14)19-17(3-1)25-22(26-19)21-20-18(27-28-21)5-4-16(24-20)13-6-9-23-10-7-13/h1-5,8,11-13,23H,6-7,9-10H2,(H,25,26)(H,27,28). The highest BCUT2D eigenvalue weighted by molar-refractivity contribution is 5.95. The maximum Gasteiger partial charge on any atom is 0.161 e. The van der Waals surface area contributed by atoms with Crippen molar-refractivity contribution in [1.29, 1.82) is 0 Å². The number of piperidine rings is 1. The first-order chi connectivity index (χ1) is 14.4. The summed E-state index contributed by atoms with van der Waals surface area (Å²) in [6, 6.07) is 12.2. The molecular weight excluding hydrogens is 364 g/mol. The fourth-order valence-electron chi connectivity index (χ4n) is 4.22. The molecule has 0 unspecified atom stereocenters. The molecule has 1 aromatic carbocycles. The highest BCUT2D eigenvalue weighted by Gasteiger charge is 2.20. The molecule has 5 heterocycles. The Bertz CT molecular complexity index is 1290. The lowest BCUT2D eigenvalue weighted by molar-refractivity contribution is 0.454. The monoisotopic (exact) mass is 384 g/mol. The van der Waals surface area contributed by atoms with E-state index in [1.54, 1.807) is 12.5 Å². The number of nitrogens with zero attached hydrogens (tertiary/aromatic N) is 3. The van der Waals surface area contributed by atoms with Gasteiger partial charge in [0.25, 0.3) is 0 Å². The fourth-order valence-corrected chi connectivity index (χ4v) is 4.22. The molecule has 7 nitrogen and oxygen atoms in total. The van der Waals surface area contributed by atoms with E-state index in [2.05, 4.69) is 32.6 Å². The van der Waals surface area contributed by atoms with Crippen molar-refractivity contribution in [3.8, 4) is 22.6 Å². The molecule has 3 N–H and O–H groups in total. The molecule has 0 amide bonds. The molecular formula is C22H20N6O. The van der Waals surface area contributed by atoms with Crippen LogP contribution in [0.4, 0.5) is 0 Å². The summed E-state index contributed by atoms with van der Waals surface area (Å²) in [4.78, 5) is 13.3. The van der Waals surface area contributed by atoms with Crippen LogP contribution in [-0.4, -0.2) is 38.2 Å². The minimum absolute atomic E-state index is 0.492. The number of aromatic amines is 2. The number of rotatable bonds is 3. The fraction of sp³-hybridized carbons (Fsp3) is 0.227. The average Bonchev–Trinajstić information content (AvgIpc) is 3.52. The maximum atomic E-state index is 5.26. The number of H-pyrrole nitrogens is 2. The molecule has 144 valence electrons. The number of fused-ring (bicyclic) bond motifs is 2. The topological polar surface area (TPSA) is 95.4 Å². The first-order valence-electron chi connectivity index (χ1n) is 9.94. The second-order valence-electron chi connectivity index (χ2n) is 7.53. The second kappa shape index (κ2) is 6.56. The van der Waals surface area contributed by atoms with E-state index in [-0.39, 0.29) is 0 Å². The molecule has 1 saturated heterocycles. The number of hydrogen-bond donors (Lipinski definition) is 3. The van der Waals surface area contributed by atoms with E-state index in [0.717, 1.165) is 76.3 Å². The van der Waals surface area contributed by atoms with Crippen molar-refractivity contribution >= 4 is 22.1 Å². The summed E-state index contributed by atoms with van der Waals surface area (Å²) in [5, 5.41) is 11.0. The van der Waals surface area contributed by atoms with Crippen molar-refractivity contribution in [2.75, 3.05) is 13.1 Å². The highest BCUT2D eigenvalue weighted by atomic mass is 16.3. The van der Waals surface area contributed by atoms with Crippen LogP contribution in [0, 0.1) is 0 Å². The van der Waals surface area contributed by atoms with Gasteiger partial charge in [0.1, 0.15) is 5.52 Å². The van der Waals surface area contributed by atoms with E-state index >= 15 is 0 Å². The molecule has 0 spiro atoms. The van der Waals surface area contributed by atoms with Gasteiger partial charge in [-0.2, -0.15) is 5.10 Å². The Hall–Kier alpha value is -3.45. The number of furan rings is 1. The third-order valence-corrected chi connectivity index (χ3v) is 5.76. The minimum atomic E-state index is 0.492. The van der Waals surface area contributed by atoms with Crippen molar-refractivity contribution < 1.29 is 4.42 Å². The molecule has 0 atom stereocenters. The molecule has 0 saturated carbocycles. The van der Waals surface area contributed by atoms with Crippen molar-refractivity contribution in [2.24, 2.45) is 0 Å². The quantitative estimate of drug-likeness (QED) is 0.433. The molecule has 5 aromatic rings. The third kappa shape index (κ3) is 2.74. The summed E-state index contributed by atoms with van der Waals surface area (Å²) in [6.07, 6.45) is 5.64. The molecule has 1 aliphatic rings. The van der Waals surface area contributed by atoms with E-state index in [1.807, 2.05) is 24.3 Å². The Morgan fingerprint density at radius 2 is 1.86 bits per heavy atom. The number of pyridine rings is 1. The number of benzene rings is 1. The number of aromatic nitrogens is 5. The highest BCUT2D eigenvalue weighted by Crippen LogP contribution is 2.32. The van der Waals surface area contributed by atoms with E-state index in [4.69, 9.17) is 14.4 Å². The van der Waals surface area contributed by atoms with Crippen molar-refractivity contribution in [2.45, 2.75) is 18.8 Å². The average molecular weight is 384 g/mol. The van der Waals surface area contributed by atoms with Gasteiger partial charge in [-0.1, -0.05) is 12.1 Å². The number of para-hydroxylation sites is 1. The van der Waals surface area contributed by atoms with Crippen LogP contribution in [0.15, 0.2) is 53.3 Å². The van der Waals surface area contributed by atoms with Crippen LogP contribution >= 0.6 is 0 Å². The zero-order valence-electron chi connectivity index (χ0n) is 15.8. The smallest absolute Gasteiger partial charge is 0.161 e. The zero-order chi connectivity index (χ0) is 19.2. The van der Waals surface area contributed by atoms with Gasteiger partial charge in [0.2, 0.25) is 0 Å². The number of imidazole rings is 1. The summed E-state index contributed by atoms with van der Waals surface area (Å²) >= 11 is 0. The molecule has 4 aromatic heterocycles. The summed E-state index contributed by atoms with van der Waals surface area (Å²) < 4.78 is 5.26. The van der Waals surface area contributed by atoms with Crippen LogP contribution < -0.4 is 5.32 Å². The van der Waals surface area contributed by atoms with Gasteiger partial charge in [-0.05, 0) is 50.2 Å². The summed E-state index contributed by atoms with van der Waals surface area (Å²) in [5.74, 6) is 1.21. The summed E-state index contributed by atoms with van der Waals surface area (Å²) in [5.41, 5.74) is 7.58. The zero-order valence-corrected chi connectivity index (χ0v) is 15.8. The van der Waals surface area contributed by atoms with Gasteiger partial charge in [0.15, 0.2) is 11.5 Å². The molecule has 0 radical (unpaired) electrons. The third-order valence-electron chi connectivity index (χ3n) is 5.76. The minimum Gasteiger partial charge on any atom is -0.472 e. The van der Waals surface area contributed by atoms with Gasteiger partial charge < -0.3 is 14.7 Å². The van der Waals surface area contributed by atoms with Gasteiger partial charge in [-0.25, -0.2) is 9.97 Å². The van der Waals surface area contributed by atoms with Crippen molar-refractivity contribution in [1.82, 2.24) is 30.5 Å². The Labute approximate surface area is 166 Å². The molecule has 6 rings (SSSR count). The lowest BCUT2D eigenvalue weighted by atomic mass is 9.94. The molecule has 1 aliphatic heterocycles.